The highest BCUT2D eigenvalue weighted by Crippen LogP contribution is 2.03. The Morgan fingerprint density at radius 3 is 2.56 bits per heavy atom. The fourth-order valence-corrected chi connectivity index (χ4v) is 1.21. The summed E-state index contributed by atoms with van der Waals surface area (Å²) in [5.74, 6) is -0.536. The number of esters is 1. The summed E-state index contributed by atoms with van der Waals surface area (Å²) < 4.78 is 9.49. The Labute approximate surface area is 106 Å². The number of ether oxygens (including phenoxy) is 2. The van der Waals surface area contributed by atoms with Gasteiger partial charge in [-0.25, -0.2) is 4.79 Å². The second kappa shape index (κ2) is 7.11. The van der Waals surface area contributed by atoms with Gasteiger partial charge < -0.3 is 9.47 Å². The first-order valence-corrected chi connectivity index (χ1v) is 5.34. The van der Waals surface area contributed by atoms with Gasteiger partial charge in [-0.3, -0.25) is 9.69 Å². The van der Waals surface area contributed by atoms with E-state index in [4.69, 9.17) is 4.74 Å². The summed E-state index contributed by atoms with van der Waals surface area (Å²) in [6.07, 6.45) is 0.587. The number of carbonyl (C=O) groups excluding carboxylic acids is 2. The number of hydrogen-bond donors (Lipinski definition) is 0. The van der Waals surface area contributed by atoms with Crippen molar-refractivity contribution < 1.29 is 19.1 Å². The average molecular weight is 249 g/mol. The molecule has 0 aliphatic rings. The van der Waals surface area contributed by atoms with E-state index in [-0.39, 0.29) is 13.2 Å². The molecular weight excluding hydrogens is 234 g/mol. The maximum Gasteiger partial charge on any atom is 0.414 e. The Morgan fingerprint density at radius 2 is 2.00 bits per heavy atom. The van der Waals surface area contributed by atoms with Crippen LogP contribution in [0.1, 0.15) is 5.56 Å². The van der Waals surface area contributed by atoms with Gasteiger partial charge in [0.05, 0.1) is 7.11 Å². The Hall–Kier alpha value is -2.30. The molecule has 18 heavy (non-hydrogen) atoms. The van der Waals surface area contributed by atoms with Crippen LogP contribution in [-0.4, -0.2) is 30.6 Å². The van der Waals surface area contributed by atoms with Gasteiger partial charge in [-0.1, -0.05) is 36.9 Å². The molecule has 0 aliphatic carbocycles. The van der Waals surface area contributed by atoms with Crippen LogP contribution in [0.25, 0.3) is 0 Å². The molecule has 0 spiro atoms. The molecule has 0 radical (unpaired) electrons. The van der Waals surface area contributed by atoms with Crippen molar-refractivity contribution in [3.63, 3.8) is 0 Å². The Morgan fingerprint density at radius 1 is 1.33 bits per heavy atom. The second-order valence-corrected chi connectivity index (χ2v) is 3.43. The fourth-order valence-electron chi connectivity index (χ4n) is 1.21. The predicted octanol–water partition coefficient (Wildman–Crippen LogP) is 1.94. The van der Waals surface area contributed by atoms with Crippen molar-refractivity contribution in [1.82, 2.24) is 4.90 Å². The third-order valence-electron chi connectivity index (χ3n) is 2.19. The summed E-state index contributed by atoms with van der Waals surface area (Å²) in [6.45, 7) is 3.37. The van der Waals surface area contributed by atoms with E-state index in [1.54, 1.807) is 0 Å². The number of amides is 1. The van der Waals surface area contributed by atoms with E-state index in [1.807, 2.05) is 30.3 Å². The minimum atomic E-state index is -0.640. The minimum Gasteiger partial charge on any atom is -0.468 e. The zero-order valence-corrected chi connectivity index (χ0v) is 10.2. The van der Waals surface area contributed by atoms with Gasteiger partial charge in [0.15, 0.2) is 0 Å². The molecule has 1 aromatic rings. The minimum absolute atomic E-state index is 0.144. The standard InChI is InChI=1S/C13H15NO4/c1-3-14(9-12(15)17-2)13(16)18-10-11-7-5-4-6-8-11/h3-8H,1,9-10H2,2H3. The van der Waals surface area contributed by atoms with Crippen molar-refractivity contribution in [3.8, 4) is 0 Å². The number of rotatable bonds is 5. The van der Waals surface area contributed by atoms with E-state index in [1.165, 1.54) is 13.3 Å². The number of carbonyl (C=O) groups is 2. The van der Waals surface area contributed by atoms with Crippen LogP contribution in [0.5, 0.6) is 0 Å². The highest BCUT2D eigenvalue weighted by molar-refractivity contribution is 5.78. The first-order valence-electron chi connectivity index (χ1n) is 5.34. The summed E-state index contributed by atoms with van der Waals surface area (Å²) in [7, 11) is 1.25. The topological polar surface area (TPSA) is 55.8 Å². The van der Waals surface area contributed by atoms with Gasteiger partial charge in [-0.05, 0) is 5.56 Å². The maximum atomic E-state index is 11.6. The van der Waals surface area contributed by atoms with Crippen molar-refractivity contribution in [2.24, 2.45) is 0 Å². The molecule has 1 rings (SSSR count). The van der Waals surface area contributed by atoms with Gasteiger partial charge in [-0.2, -0.15) is 0 Å². The van der Waals surface area contributed by atoms with E-state index in [0.29, 0.717) is 0 Å². The van der Waals surface area contributed by atoms with Crippen molar-refractivity contribution in [1.29, 1.82) is 0 Å². The van der Waals surface area contributed by atoms with Gasteiger partial charge in [0.25, 0.3) is 0 Å². The van der Waals surface area contributed by atoms with Crippen LogP contribution in [0.15, 0.2) is 43.1 Å². The lowest BCUT2D eigenvalue weighted by atomic mass is 10.2. The van der Waals surface area contributed by atoms with Crippen molar-refractivity contribution in [2.45, 2.75) is 6.61 Å². The number of nitrogens with zero attached hydrogens (tertiary/aromatic N) is 1. The van der Waals surface area contributed by atoms with E-state index in [9.17, 15) is 9.59 Å². The van der Waals surface area contributed by atoms with Crippen LogP contribution in [0.2, 0.25) is 0 Å². The lowest BCUT2D eigenvalue weighted by Gasteiger charge is -2.16. The molecule has 0 heterocycles. The molecular formula is C13H15NO4. The van der Waals surface area contributed by atoms with Crippen LogP contribution >= 0.6 is 0 Å². The van der Waals surface area contributed by atoms with Gasteiger partial charge in [-0.15, -0.1) is 0 Å². The zero-order valence-electron chi connectivity index (χ0n) is 10.2. The van der Waals surface area contributed by atoms with Crippen LogP contribution < -0.4 is 0 Å². The fraction of sp³-hybridized carbons (Fsp3) is 0.231. The summed E-state index contributed by atoms with van der Waals surface area (Å²) in [5.41, 5.74) is 0.868. The molecule has 0 N–H and O–H groups in total. The SMILES string of the molecule is C=CN(CC(=O)OC)C(=O)OCc1ccccc1. The zero-order chi connectivity index (χ0) is 13.4. The molecule has 96 valence electrons. The summed E-state index contributed by atoms with van der Waals surface area (Å²) in [6, 6.07) is 9.25. The molecule has 0 aromatic heterocycles. The van der Waals surface area contributed by atoms with Crippen molar-refractivity contribution >= 4 is 12.1 Å². The average Bonchev–Trinajstić information content (AvgIpc) is 2.42. The Kier molecular flexibility index (Phi) is 5.44. The van der Waals surface area contributed by atoms with E-state index in [0.717, 1.165) is 10.5 Å². The molecule has 0 atom stereocenters. The van der Waals surface area contributed by atoms with Gasteiger partial charge in [0.2, 0.25) is 0 Å². The van der Waals surface area contributed by atoms with E-state index in [2.05, 4.69) is 11.3 Å². The van der Waals surface area contributed by atoms with Crippen LogP contribution in [0, 0.1) is 0 Å². The summed E-state index contributed by atoms with van der Waals surface area (Å²) in [4.78, 5) is 23.7. The molecule has 1 aromatic carbocycles. The first-order chi connectivity index (χ1) is 8.67. The van der Waals surface area contributed by atoms with Crippen molar-refractivity contribution in [3.05, 3.63) is 48.7 Å². The molecule has 0 saturated heterocycles. The summed E-state index contributed by atoms with van der Waals surface area (Å²) >= 11 is 0. The lowest BCUT2D eigenvalue weighted by Crippen LogP contribution is -2.32. The molecule has 1 amide bonds. The highest BCUT2D eigenvalue weighted by Gasteiger charge is 2.15. The molecule has 0 unspecified atom stereocenters. The van der Waals surface area contributed by atoms with Gasteiger partial charge in [0, 0.05) is 6.20 Å². The Bertz CT molecular complexity index is 416. The van der Waals surface area contributed by atoms with Gasteiger partial charge >= 0.3 is 12.1 Å². The molecule has 5 heteroatoms. The van der Waals surface area contributed by atoms with E-state index >= 15 is 0 Å². The second-order valence-electron chi connectivity index (χ2n) is 3.43. The van der Waals surface area contributed by atoms with Crippen molar-refractivity contribution in [2.75, 3.05) is 13.7 Å². The number of methoxy groups -OCH3 is 1. The van der Waals surface area contributed by atoms with Crippen LogP contribution in [-0.2, 0) is 20.9 Å². The highest BCUT2D eigenvalue weighted by atomic mass is 16.6. The summed E-state index contributed by atoms with van der Waals surface area (Å²) in [5, 5.41) is 0. The third kappa shape index (κ3) is 4.29. The maximum absolute atomic E-state index is 11.6. The molecule has 5 nitrogen and oxygen atoms in total. The predicted molar refractivity (Wildman–Crippen MR) is 65.5 cm³/mol. The van der Waals surface area contributed by atoms with E-state index < -0.39 is 12.1 Å². The monoisotopic (exact) mass is 249 g/mol. The smallest absolute Gasteiger partial charge is 0.414 e. The quantitative estimate of drug-likeness (QED) is 0.748. The third-order valence-corrected chi connectivity index (χ3v) is 2.19. The van der Waals surface area contributed by atoms with Gasteiger partial charge in [0.1, 0.15) is 13.2 Å². The number of benzene rings is 1. The van der Waals surface area contributed by atoms with Crippen LogP contribution in [0.3, 0.4) is 0 Å². The normalized spacial score (nSPS) is 9.39. The van der Waals surface area contributed by atoms with Crippen LogP contribution in [0.4, 0.5) is 4.79 Å². The molecule has 0 saturated carbocycles. The molecule has 0 fully saturated rings. The lowest BCUT2D eigenvalue weighted by molar-refractivity contribution is -0.141. The molecule has 0 bridgehead atoms. The first kappa shape index (κ1) is 13.8. The number of hydrogen-bond acceptors (Lipinski definition) is 4. The Balaban J connectivity index is 2.48. The molecule has 0 aliphatic heterocycles. The largest absolute Gasteiger partial charge is 0.468 e.